The van der Waals surface area contributed by atoms with Crippen molar-refractivity contribution in [3.05, 3.63) is 0 Å². The van der Waals surface area contributed by atoms with E-state index >= 15 is 0 Å². The maximum Gasteiger partial charge on any atom is 0.575 e. The highest BCUT2D eigenvalue weighted by Crippen LogP contribution is 2.22. The molecule has 1 fully saturated rings. The summed E-state index contributed by atoms with van der Waals surface area (Å²) in [5.74, 6) is -1.87. The zero-order valence-electron chi connectivity index (χ0n) is 6.76. The molecule has 0 unspecified atom stereocenters. The van der Waals surface area contributed by atoms with E-state index in [1.165, 1.54) is 0 Å². The third kappa shape index (κ3) is 3.63. The first-order valence-corrected chi connectivity index (χ1v) is 3.86. The average molecular weight is 198 g/mol. The van der Waals surface area contributed by atoms with Gasteiger partial charge in [0.25, 0.3) is 0 Å². The number of alkyl halides is 3. The molecule has 0 bridgehead atoms. The largest absolute Gasteiger partial charge is 0.575 e. The van der Waals surface area contributed by atoms with Crippen LogP contribution in [0.3, 0.4) is 0 Å². The number of rotatable bonds is 1. The van der Waals surface area contributed by atoms with Crippen molar-refractivity contribution in [1.29, 1.82) is 0 Å². The smallest absolute Gasteiger partial charge is 0.381 e. The van der Waals surface area contributed by atoms with Crippen molar-refractivity contribution in [2.75, 3.05) is 13.2 Å². The zero-order chi connectivity index (χ0) is 9.90. The van der Waals surface area contributed by atoms with E-state index in [9.17, 15) is 18.0 Å². The van der Waals surface area contributed by atoms with Gasteiger partial charge in [0.15, 0.2) is 0 Å². The van der Waals surface area contributed by atoms with E-state index in [2.05, 4.69) is 4.74 Å². The number of hydrogen-bond donors (Lipinski definition) is 0. The van der Waals surface area contributed by atoms with Crippen LogP contribution in [0.4, 0.5) is 13.2 Å². The molecule has 1 rings (SSSR count). The number of ether oxygens (including phenoxy) is 2. The van der Waals surface area contributed by atoms with E-state index < -0.39 is 18.2 Å². The van der Waals surface area contributed by atoms with Gasteiger partial charge < -0.3 is 9.47 Å². The van der Waals surface area contributed by atoms with Crippen LogP contribution < -0.4 is 0 Å². The third-order valence-corrected chi connectivity index (χ3v) is 1.77. The highest BCUT2D eigenvalue weighted by Gasteiger charge is 2.37. The number of carbonyl (C=O) groups excluding carboxylic acids is 1. The number of carbonyl (C=O) groups is 1. The van der Waals surface area contributed by atoms with Gasteiger partial charge in [-0.2, -0.15) is 0 Å². The van der Waals surface area contributed by atoms with Crippen LogP contribution in [0, 0.1) is 5.92 Å². The molecule has 0 amide bonds. The SMILES string of the molecule is O=C(OC(F)(F)F)C1CCOCC1. The summed E-state index contributed by atoms with van der Waals surface area (Å²) in [5, 5.41) is 0. The van der Waals surface area contributed by atoms with Gasteiger partial charge in [0.1, 0.15) is 0 Å². The standard InChI is InChI=1S/C7H9F3O3/c8-7(9,10)13-6(11)5-1-3-12-4-2-5/h5H,1-4H2. The first-order valence-electron chi connectivity index (χ1n) is 3.86. The van der Waals surface area contributed by atoms with E-state index in [1.54, 1.807) is 0 Å². The summed E-state index contributed by atoms with van der Waals surface area (Å²) < 4.78 is 42.9. The van der Waals surface area contributed by atoms with Gasteiger partial charge in [0.05, 0.1) is 5.92 Å². The Morgan fingerprint density at radius 2 is 1.85 bits per heavy atom. The van der Waals surface area contributed by atoms with E-state index in [0.717, 1.165) is 0 Å². The predicted molar refractivity (Wildman–Crippen MR) is 35.7 cm³/mol. The maximum atomic E-state index is 11.6. The lowest BCUT2D eigenvalue weighted by atomic mass is 10.0. The molecule has 1 aliphatic rings. The van der Waals surface area contributed by atoms with Crippen LogP contribution >= 0.6 is 0 Å². The first-order chi connectivity index (χ1) is 5.99. The first kappa shape index (κ1) is 10.3. The minimum Gasteiger partial charge on any atom is -0.381 e. The molecule has 0 saturated carbocycles. The van der Waals surface area contributed by atoms with Crippen LogP contribution in [0.5, 0.6) is 0 Å². The molecule has 6 heteroatoms. The summed E-state index contributed by atoms with van der Waals surface area (Å²) in [6, 6.07) is 0. The van der Waals surface area contributed by atoms with Crippen molar-refractivity contribution >= 4 is 5.97 Å². The van der Waals surface area contributed by atoms with Crippen molar-refractivity contribution in [1.82, 2.24) is 0 Å². The van der Waals surface area contributed by atoms with Gasteiger partial charge >= 0.3 is 12.3 Å². The van der Waals surface area contributed by atoms with Gasteiger partial charge in [-0.05, 0) is 12.8 Å². The third-order valence-electron chi connectivity index (χ3n) is 1.77. The second-order valence-electron chi connectivity index (χ2n) is 2.75. The second kappa shape index (κ2) is 3.95. The summed E-state index contributed by atoms with van der Waals surface area (Å²) in [6.07, 6.45) is -4.26. The molecule has 0 aromatic carbocycles. The fourth-order valence-electron chi connectivity index (χ4n) is 1.13. The molecule has 76 valence electrons. The Hall–Kier alpha value is -0.780. The van der Waals surface area contributed by atoms with Crippen LogP contribution in [0.15, 0.2) is 0 Å². The lowest BCUT2D eigenvalue weighted by Crippen LogP contribution is -2.29. The van der Waals surface area contributed by atoms with Crippen molar-refractivity contribution in [3.8, 4) is 0 Å². The summed E-state index contributed by atoms with van der Waals surface area (Å²) >= 11 is 0. The minimum absolute atomic E-state index is 0.301. The van der Waals surface area contributed by atoms with Crippen LogP contribution in [0.2, 0.25) is 0 Å². The Labute approximate surface area is 72.8 Å². The normalized spacial score (nSPS) is 19.9. The van der Waals surface area contributed by atoms with E-state index in [1.807, 2.05) is 0 Å². The van der Waals surface area contributed by atoms with Crippen molar-refractivity contribution < 1.29 is 27.4 Å². The van der Waals surface area contributed by atoms with E-state index in [-0.39, 0.29) is 0 Å². The quantitative estimate of drug-likeness (QED) is 0.598. The topological polar surface area (TPSA) is 35.5 Å². The van der Waals surface area contributed by atoms with E-state index in [4.69, 9.17) is 4.74 Å². The molecular weight excluding hydrogens is 189 g/mol. The van der Waals surface area contributed by atoms with Crippen LogP contribution in [0.1, 0.15) is 12.8 Å². The molecule has 0 aromatic heterocycles. The summed E-state index contributed by atoms with van der Waals surface area (Å²) in [6.45, 7) is 0.634. The molecule has 0 spiro atoms. The van der Waals surface area contributed by atoms with Gasteiger partial charge in [-0.25, -0.2) is 0 Å². The van der Waals surface area contributed by atoms with Gasteiger partial charge in [-0.1, -0.05) is 0 Å². The molecule has 0 N–H and O–H groups in total. The summed E-state index contributed by atoms with van der Waals surface area (Å²) in [5.41, 5.74) is 0. The highest BCUT2D eigenvalue weighted by molar-refractivity contribution is 5.72. The highest BCUT2D eigenvalue weighted by atomic mass is 19.4. The number of halogens is 3. The van der Waals surface area contributed by atoms with Crippen molar-refractivity contribution in [2.45, 2.75) is 19.2 Å². The Bertz CT molecular complexity index is 184. The monoisotopic (exact) mass is 198 g/mol. The molecule has 1 heterocycles. The lowest BCUT2D eigenvalue weighted by Gasteiger charge is -2.20. The van der Waals surface area contributed by atoms with Crippen LogP contribution in [-0.4, -0.2) is 25.5 Å². The average Bonchev–Trinajstić information content (AvgIpc) is 2.03. The molecule has 1 saturated heterocycles. The molecule has 0 aliphatic carbocycles. The number of esters is 1. The van der Waals surface area contributed by atoms with Crippen molar-refractivity contribution in [3.63, 3.8) is 0 Å². The lowest BCUT2D eigenvalue weighted by molar-refractivity contribution is -0.308. The zero-order valence-corrected chi connectivity index (χ0v) is 6.76. The van der Waals surface area contributed by atoms with Crippen LogP contribution in [-0.2, 0) is 14.3 Å². The van der Waals surface area contributed by atoms with Crippen molar-refractivity contribution in [2.24, 2.45) is 5.92 Å². The van der Waals surface area contributed by atoms with Gasteiger partial charge in [-0.15, -0.1) is 13.2 Å². The van der Waals surface area contributed by atoms with Gasteiger partial charge in [0.2, 0.25) is 0 Å². The molecule has 0 atom stereocenters. The molecule has 13 heavy (non-hydrogen) atoms. The Morgan fingerprint density at radius 1 is 1.31 bits per heavy atom. The molecule has 1 aliphatic heterocycles. The second-order valence-corrected chi connectivity index (χ2v) is 2.75. The maximum absolute atomic E-state index is 11.6. The Balaban J connectivity index is 2.38. The fourth-order valence-corrected chi connectivity index (χ4v) is 1.13. The fraction of sp³-hybridized carbons (Fsp3) is 0.857. The number of hydrogen-bond acceptors (Lipinski definition) is 3. The van der Waals surface area contributed by atoms with Gasteiger partial charge in [0, 0.05) is 13.2 Å². The summed E-state index contributed by atoms with van der Waals surface area (Å²) in [4.78, 5) is 10.8. The Morgan fingerprint density at radius 3 is 2.31 bits per heavy atom. The molecule has 0 radical (unpaired) electrons. The molecule has 3 nitrogen and oxygen atoms in total. The van der Waals surface area contributed by atoms with E-state index in [0.29, 0.717) is 26.1 Å². The molecular formula is C7H9F3O3. The minimum atomic E-state index is -4.87. The molecule has 0 aromatic rings. The predicted octanol–water partition coefficient (Wildman–Crippen LogP) is 1.48. The summed E-state index contributed by atoms with van der Waals surface area (Å²) in [7, 11) is 0. The van der Waals surface area contributed by atoms with Crippen LogP contribution in [0.25, 0.3) is 0 Å². The Kier molecular flexibility index (Phi) is 3.13. The van der Waals surface area contributed by atoms with Gasteiger partial charge in [-0.3, -0.25) is 4.79 Å².